The maximum Gasteiger partial charge on any atom is 0.248 e. The summed E-state index contributed by atoms with van der Waals surface area (Å²) < 4.78 is 22.3. The van der Waals surface area contributed by atoms with E-state index < -0.39 is 0 Å². The lowest BCUT2D eigenvalue weighted by molar-refractivity contribution is -0.00444. The minimum absolute atomic E-state index is 0.252. The van der Waals surface area contributed by atoms with Crippen LogP contribution in [0.3, 0.4) is 0 Å². The van der Waals surface area contributed by atoms with E-state index >= 15 is 0 Å². The van der Waals surface area contributed by atoms with Gasteiger partial charge in [-0.25, -0.2) is 0 Å². The number of rotatable bonds is 4. The highest BCUT2D eigenvalue weighted by atomic mass is 16.7. The molecule has 2 aliphatic rings. The molecule has 1 aromatic carbocycles. The summed E-state index contributed by atoms with van der Waals surface area (Å²) in [6.45, 7) is 2.90. The summed E-state index contributed by atoms with van der Waals surface area (Å²) in [5.41, 5.74) is 0.819. The minimum atomic E-state index is 0.252. The maximum absolute atomic E-state index is 5.92. The molecular formula is C17H20N2O4. The largest absolute Gasteiger partial charge is 0.454 e. The van der Waals surface area contributed by atoms with Crippen LogP contribution in [0.15, 0.2) is 22.6 Å². The highest BCUT2D eigenvalue weighted by Gasteiger charge is 2.21. The quantitative estimate of drug-likeness (QED) is 0.859. The van der Waals surface area contributed by atoms with Crippen molar-refractivity contribution >= 4 is 0 Å². The first-order chi connectivity index (χ1) is 11.3. The Morgan fingerprint density at radius 1 is 1.17 bits per heavy atom. The van der Waals surface area contributed by atoms with Gasteiger partial charge in [0.2, 0.25) is 18.6 Å². The smallest absolute Gasteiger partial charge is 0.248 e. The van der Waals surface area contributed by atoms with Crippen molar-refractivity contribution in [3.63, 3.8) is 0 Å². The third-order valence-electron chi connectivity index (χ3n) is 4.42. The summed E-state index contributed by atoms with van der Waals surface area (Å²) in [4.78, 5) is 0. The number of fused-ring (bicyclic) bond motifs is 1. The Bertz CT molecular complexity index is 685. The Kier molecular flexibility index (Phi) is 3.91. The van der Waals surface area contributed by atoms with Gasteiger partial charge < -0.3 is 18.6 Å². The Morgan fingerprint density at radius 2 is 2.09 bits per heavy atom. The normalized spacial score (nSPS) is 23.2. The van der Waals surface area contributed by atoms with Gasteiger partial charge in [-0.3, -0.25) is 0 Å². The predicted molar refractivity (Wildman–Crippen MR) is 82.1 cm³/mol. The second-order valence-corrected chi connectivity index (χ2v) is 6.27. The Hall–Kier alpha value is -2.08. The highest BCUT2D eigenvalue weighted by Crippen LogP contribution is 2.35. The minimum Gasteiger partial charge on any atom is -0.454 e. The SMILES string of the molecule is C[C@@H]1CCC[C@@H](OCc2nnc(-c3ccc4c(c3)OCO4)o2)C1. The second kappa shape index (κ2) is 6.20. The first-order valence-corrected chi connectivity index (χ1v) is 8.12. The van der Waals surface area contributed by atoms with Crippen LogP contribution in [0.4, 0.5) is 0 Å². The molecule has 1 aromatic heterocycles. The van der Waals surface area contributed by atoms with Gasteiger partial charge in [0.15, 0.2) is 11.5 Å². The Balaban J connectivity index is 1.40. The first kappa shape index (κ1) is 14.5. The zero-order valence-electron chi connectivity index (χ0n) is 13.2. The molecule has 2 heterocycles. The summed E-state index contributed by atoms with van der Waals surface area (Å²) in [7, 11) is 0. The van der Waals surface area contributed by atoms with Crippen molar-refractivity contribution in [2.75, 3.05) is 6.79 Å². The number of aromatic nitrogens is 2. The third-order valence-corrected chi connectivity index (χ3v) is 4.42. The van der Waals surface area contributed by atoms with E-state index in [4.69, 9.17) is 18.6 Å². The topological polar surface area (TPSA) is 66.6 Å². The average molecular weight is 316 g/mol. The molecule has 1 fully saturated rings. The van der Waals surface area contributed by atoms with Crippen molar-refractivity contribution < 1.29 is 18.6 Å². The third kappa shape index (κ3) is 3.17. The van der Waals surface area contributed by atoms with E-state index in [1.54, 1.807) is 0 Å². The van der Waals surface area contributed by atoms with Crippen LogP contribution < -0.4 is 9.47 Å². The standard InChI is InChI=1S/C17H20N2O4/c1-11-3-2-4-13(7-11)20-9-16-18-19-17(23-16)12-5-6-14-15(8-12)22-10-21-14/h5-6,8,11,13H,2-4,7,9-10H2,1H3/t11-,13-/m1/s1. The molecule has 0 amide bonds. The van der Waals surface area contributed by atoms with E-state index in [9.17, 15) is 0 Å². The van der Waals surface area contributed by atoms with Crippen LogP contribution in [0.2, 0.25) is 0 Å². The molecule has 1 aliphatic heterocycles. The number of benzene rings is 1. The number of nitrogens with zero attached hydrogens (tertiary/aromatic N) is 2. The van der Waals surface area contributed by atoms with Gasteiger partial charge in [0.05, 0.1) is 6.10 Å². The number of ether oxygens (including phenoxy) is 3. The summed E-state index contributed by atoms with van der Waals surface area (Å²) in [5, 5.41) is 8.17. The van der Waals surface area contributed by atoms with Gasteiger partial charge in [0, 0.05) is 5.56 Å². The van der Waals surface area contributed by atoms with E-state index in [0.29, 0.717) is 30.2 Å². The fraction of sp³-hybridized carbons (Fsp3) is 0.529. The monoisotopic (exact) mass is 316 g/mol. The molecule has 2 atom stereocenters. The molecule has 0 bridgehead atoms. The summed E-state index contributed by atoms with van der Waals surface area (Å²) in [5.74, 6) is 3.16. The zero-order valence-corrected chi connectivity index (χ0v) is 13.2. The van der Waals surface area contributed by atoms with Crippen LogP contribution in [-0.2, 0) is 11.3 Å². The molecule has 0 unspecified atom stereocenters. The van der Waals surface area contributed by atoms with E-state index in [2.05, 4.69) is 17.1 Å². The highest BCUT2D eigenvalue weighted by molar-refractivity contribution is 5.60. The second-order valence-electron chi connectivity index (χ2n) is 6.27. The van der Waals surface area contributed by atoms with Crippen molar-refractivity contribution in [2.45, 2.75) is 45.3 Å². The van der Waals surface area contributed by atoms with Gasteiger partial charge in [-0.15, -0.1) is 10.2 Å². The molecule has 1 aliphatic carbocycles. The molecule has 0 saturated heterocycles. The fourth-order valence-electron chi connectivity index (χ4n) is 3.18. The van der Waals surface area contributed by atoms with Crippen molar-refractivity contribution in [3.8, 4) is 23.0 Å². The number of hydrogen-bond donors (Lipinski definition) is 0. The lowest BCUT2D eigenvalue weighted by Gasteiger charge is -2.26. The molecule has 6 nitrogen and oxygen atoms in total. The molecule has 1 saturated carbocycles. The zero-order chi connectivity index (χ0) is 15.6. The molecule has 122 valence electrons. The van der Waals surface area contributed by atoms with Crippen LogP contribution in [0, 0.1) is 5.92 Å². The Labute approximate surface area is 134 Å². The molecule has 0 radical (unpaired) electrons. The summed E-state index contributed by atoms with van der Waals surface area (Å²) in [6.07, 6.45) is 5.07. The molecule has 2 aromatic rings. The molecule has 0 spiro atoms. The van der Waals surface area contributed by atoms with Gasteiger partial charge in [0.1, 0.15) is 6.61 Å². The first-order valence-electron chi connectivity index (χ1n) is 8.12. The van der Waals surface area contributed by atoms with Gasteiger partial charge in [-0.2, -0.15) is 0 Å². The van der Waals surface area contributed by atoms with Gasteiger partial charge in [-0.1, -0.05) is 19.8 Å². The molecule has 6 heteroatoms. The van der Waals surface area contributed by atoms with Crippen LogP contribution in [-0.4, -0.2) is 23.1 Å². The van der Waals surface area contributed by atoms with E-state index in [1.165, 1.54) is 12.8 Å². The molecular weight excluding hydrogens is 296 g/mol. The van der Waals surface area contributed by atoms with Crippen LogP contribution in [0.5, 0.6) is 11.5 Å². The molecule has 4 rings (SSSR count). The van der Waals surface area contributed by atoms with E-state index in [1.807, 2.05) is 18.2 Å². The number of hydrogen-bond acceptors (Lipinski definition) is 6. The summed E-state index contributed by atoms with van der Waals surface area (Å²) >= 11 is 0. The van der Waals surface area contributed by atoms with Crippen LogP contribution in [0.1, 0.15) is 38.5 Å². The summed E-state index contributed by atoms with van der Waals surface area (Å²) in [6, 6.07) is 5.58. The lowest BCUT2D eigenvalue weighted by atomic mass is 9.89. The van der Waals surface area contributed by atoms with Crippen LogP contribution >= 0.6 is 0 Å². The van der Waals surface area contributed by atoms with Gasteiger partial charge in [-0.05, 0) is 37.0 Å². The lowest BCUT2D eigenvalue weighted by Crippen LogP contribution is -2.21. The van der Waals surface area contributed by atoms with Crippen molar-refractivity contribution in [2.24, 2.45) is 5.92 Å². The van der Waals surface area contributed by atoms with Crippen LogP contribution in [0.25, 0.3) is 11.5 Å². The van der Waals surface area contributed by atoms with Gasteiger partial charge >= 0.3 is 0 Å². The van der Waals surface area contributed by atoms with Crippen molar-refractivity contribution in [3.05, 3.63) is 24.1 Å². The van der Waals surface area contributed by atoms with E-state index in [-0.39, 0.29) is 6.79 Å². The Morgan fingerprint density at radius 3 is 3.00 bits per heavy atom. The van der Waals surface area contributed by atoms with Crippen molar-refractivity contribution in [1.29, 1.82) is 0 Å². The fourth-order valence-corrected chi connectivity index (χ4v) is 3.18. The average Bonchev–Trinajstić information content (AvgIpc) is 3.21. The maximum atomic E-state index is 5.92. The molecule has 23 heavy (non-hydrogen) atoms. The predicted octanol–water partition coefficient (Wildman–Crippen LogP) is 3.56. The molecule has 0 N–H and O–H groups in total. The van der Waals surface area contributed by atoms with E-state index in [0.717, 1.165) is 30.1 Å². The van der Waals surface area contributed by atoms with Gasteiger partial charge in [0.25, 0.3) is 0 Å². The van der Waals surface area contributed by atoms with Crippen molar-refractivity contribution in [1.82, 2.24) is 10.2 Å².